The molecule has 0 spiro atoms. The van der Waals surface area contributed by atoms with Crippen molar-refractivity contribution in [3.05, 3.63) is 53.1 Å². The number of benzene rings is 1. The number of nitrogens with zero attached hydrogens (tertiary/aromatic N) is 2. The molecule has 2 rings (SSSR count). The van der Waals surface area contributed by atoms with E-state index < -0.39 is 0 Å². The Balaban J connectivity index is 2.11. The molecule has 0 amide bonds. The number of aliphatic hydroxyl groups excluding tert-OH is 1. The summed E-state index contributed by atoms with van der Waals surface area (Å²) in [6.07, 6.45) is 3.54. The van der Waals surface area contributed by atoms with E-state index in [1.807, 2.05) is 35.0 Å². The van der Waals surface area contributed by atoms with Gasteiger partial charge in [-0.05, 0) is 17.7 Å². The van der Waals surface area contributed by atoms with E-state index in [1.54, 1.807) is 6.33 Å². The van der Waals surface area contributed by atoms with E-state index in [1.165, 1.54) is 0 Å². The summed E-state index contributed by atoms with van der Waals surface area (Å²) in [6, 6.07) is 7.67. The molecule has 0 saturated carbocycles. The van der Waals surface area contributed by atoms with Crippen LogP contribution in [0.3, 0.4) is 0 Å². The Bertz CT molecular complexity index is 436. The van der Waals surface area contributed by atoms with Gasteiger partial charge in [-0.25, -0.2) is 4.98 Å². The highest BCUT2D eigenvalue weighted by Gasteiger charge is 1.98. The van der Waals surface area contributed by atoms with Gasteiger partial charge in [0, 0.05) is 17.8 Å². The molecule has 0 bridgehead atoms. The van der Waals surface area contributed by atoms with Crippen LogP contribution in [0.4, 0.5) is 0 Å². The van der Waals surface area contributed by atoms with Crippen LogP contribution in [0.15, 0.2) is 36.8 Å². The van der Waals surface area contributed by atoms with E-state index in [9.17, 15) is 0 Å². The van der Waals surface area contributed by atoms with Crippen LogP contribution < -0.4 is 0 Å². The minimum Gasteiger partial charge on any atom is -0.390 e. The van der Waals surface area contributed by atoms with Crippen LogP contribution in [0.1, 0.15) is 11.3 Å². The molecule has 3 nitrogen and oxygen atoms in total. The van der Waals surface area contributed by atoms with Crippen LogP contribution in [0, 0.1) is 0 Å². The van der Waals surface area contributed by atoms with Crippen LogP contribution in [0.2, 0.25) is 5.02 Å². The van der Waals surface area contributed by atoms with E-state index in [0.717, 1.165) is 17.1 Å². The molecular formula is C11H11ClN2O. The highest BCUT2D eigenvalue weighted by atomic mass is 35.5. The Labute approximate surface area is 93.0 Å². The summed E-state index contributed by atoms with van der Waals surface area (Å²) in [5.41, 5.74) is 1.84. The van der Waals surface area contributed by atoms with Crippen molar-refractivity contribution in [2.24, 2.45) is 0 Å². The van der Waals surface area contributed by atoms with Gasteiger partial charge in [0.2, 0.25) is 0 Å². The van der Waals surface area contributed by atoms with Crippen molar-refractivity contribution in [2.75, 3.05) is 0 Å². The summed E-state index contributed by atoms with van der Waals surface area (Å²) in [4.78, 5) is 4.04. The predicted octanol–water partition coefficient (Wildman–Crippen LogP) is 2.08. The Morgan fingerprint density at radius 2 is 2.00 bits per heavy atom. The molecule has 0 aliphatic heterocycles. The van der Waals surface area contributed by atoms with E-state index in [0.29, 0.717) is 5.69 Å². The van der Waals surface area contributed by atoms with E-state index in [2.05, 4.69) is 4.98 Å². The van der Waals surface area contributed by atoms with Crippen LogP contribution >= 0.6 is 11.6 Å². The van der Waals surface area contributed by atoms with Crippen molar-refractivity contribution >= 4 is 11.6 Å². The average Bonchev–Trinajstić information content (AvgIpc) is 2.69. The van der Waals surface area contributed by atoms with Crippen molar-refractivity contribution < 1.29 is 5.11 Å². The fourth-order valence-corrected chi connectivity index (χ4v) is 1.50. The maximum atomic E-state index is 8.86. The van der Waals surface area contributed by atoms with Gasteiger partial charge in [0.15, 0.2) is 0 Å². The Morgan fingerprint density at radius 1 is 1.27 bits per heavy atom. The molecule has 4 heteroatoms. The zero-order chi connectivity index (χ0) is 10.7. The van der Waals surface area contributed by atoms with E-state index in [4.69, 9.17) is 16.7 Å². The maximum Gasteiger partial charge on any atom is 0.0953 e. The fraction of sp³-hybridized carbons (Fsp3) is 0.182. The topological polar surface area (TPSA) is 38.0 Å². The number of halogens is 1. The summed E-state index contributed by atoms with van der Waals surface area (Å²) in [7, 11) is 0. The average molecular weight is 223 g/mol. The van der Waals surface area contributed by atoms with Gasteiger partial charge in [-0.3, -0.25) is 0 Å². The van der Waals surface area contributed by atoms with Gasteiger partial charge in [-0.15, -0.1) is 0 Å². The van der Waals surface area contributed by atoms with Crippen LogP contribution in [-0.2, 0) is 13.2 Å². The first-order valence-corrected chi connectivity index (χ1v) is 5.01. The summed E-state index contributed by atoms with van der Waals surface area (Å²) in [6.45, 7) is 0.720. The van der Waals surface area contributed by atoms with Crippen molar-refractivity contribution in [3.8, 4) is 0 Å². The fourth-order valence-electron chi connectivity index (χ4n) is 1.38. The van der Waals surface area contributed by atoms with E-state index in [-0.39, 0.29) is 6.61 Å². The predicted molar refractivity (Wildman–Crippen MR) is 58.7 cm³/mol. The minimum absolute atomic E-state index is 0.0202. The molecule has 78 valence electrons. The van der Waals surface area contributed by atoms with Gasteiger partial charge in [0.25, 0.3) is 0 Å². The van der Waals surface area contributed by atoms with Crippen molar-refractivity contribution in [1.29, 1.82) is 0 Å². The monoisotopic (exact) mass is 222 g/mol. The van der Waals surface area contributed by atoms with E-state index >= 15 is 0 Å². The van der Waals surface area contributed by atoms with Crippen LogP contribution in [0.25, 0.3) is 0 Å². The van der Waals surface area contributed by atoms with Crippen molar-refractivity contribution in [3.63, 3.8) is 0 Å². The highest BCUT2D eigenvalue weighted by molar-refractivity contribution is 6.30. The molecule has 2 aromatic rings. The smallest absolute Gasteiger partial charge is 0.0953 e. The number of imidazole rings is 1. The molecule has 0 saturated heterocycles. The molecule has 1 aromatic heterocycles. The summed E-state index contributed by atoms with van der Waals surface area (Å²) in [5.74, 6) is 0. The van der Waals surface area contributed by atoms with Crippen LogP contribution in [0.5, 0.6) is 0 Å². The number of rotatable bonds is 3. The van der Waals surface area contributed by atoms with Crippen molar-refractivity contribution in [2.45, 2.75) is 13.2 Å². The molecule has 1 heterocycles. The third-order valence-electron chi connectivity index (χ3n) is 2.13. The second-order valence-corrected chi connectivity index (χ2v) is 3.76. The minimum atomic E-state index is -0.0202. The lowest BCUT2D eigenvalue weighted by molar-refractivity contribution is 0.277. The van der Waals surface area contributed by atoms with Crippen molar-refractivity contribution in [1.82, 2.24) is 9.55 Å². The Hall–Kier alpha value is -1.32. The zero-order valence-corrected chi connectivity index (χ0v) is 8.85. The number of hydrogen-bond donors (Lipinski definition) is 1. The zero-order valence-electron chi connectivity index (χ0n) is 8.10. The number of hydrogen-bond acceptors (Lipinski definition) is 2. The Kier molecular flexibility index (Phi) is 3.04. The molecule has 0 fully saturated rings. The molecule has 1 N–H and O–H groups in total. The SMILES string of the molecule is OCc1cn(Cc2ccc(Cl)cc2)cn1. The standard InChI is InChI=1S/C11H11ClN2O/c12-10-3-1-9(2-4-10)5-14-6-11(7-15)13-8-14/h1-4,6,8,15H,5,7H2. The number of aromatic nitrogens is 2. The first-order chi connectivity index (χ1) is 7.28. The maximum absolute atomic E-state index is 8.86. The molecule has 1 aromatic carbocycles. The van der Waals surface area contributed by atoms with Gasteiger partial charge in [0.05, 0.1) is 18.6 Å². The normalized spacial score (nSPS) is 10.5. The molecule has 0 aliphatic rings. The lowest BCUT2D eigenvalue weighted by atomic mass is 10.2. The van der Waals surface area contributed by atoms with Gasteiger partial charge in [-0.2, -0.15) is 0 Å². The third kappa shape index (κ3) is 2.58. The van der Waals surface area contributed by atoms with Gasteiger partial charge in [-0.1, -0.05) is 23.7 Å². The van der Waals surface area contributed by atoms with Crippen LogP contribution in [-0.4, -0.2) is 14.7 Å². The quantitative estimate of drug-likeness (QED) is 0.864. The molecule has 0 radical (unpaired) electrons. The summed E-state index contributed by atoms with van der Waals surface area (Å²) < 4.78 is 1.93. The third-order valence-corrected chi connectivity index (χ3v) is 2.38. The first-order valence-electron chi connectivity index (χ1n) is 4.64. The molecule has 0 aliphatic carbocycles. The second-order valence-electron chi connectivity index (χ2n) is 3.32. The lowest BCUT2D eigenvalue weighted by Crippen LogP contribution is -1.95. The second kappa shape index (κ2) is 4.47. The van der Waals surface area contributed by atoms with Gasteiger partial charge in [0.1, 0.15) is 0 Å². The van der Waals surface area contributed by atoms with Gasteiger partial charge < -0.3 is 9.67 Å². The molecule has 15 heavy (non-hydrogen) atoms. The molecule has 0 unspecified atom stereocenters. The largest absolute Gasteiger partial charge is 0.390 e. The number of aliphatic hydroxyl groups is 1. The Morgan fingerprint density at radius 3 is 2.60 bits per heavy atom. The summed E-state index contributed by atoms with van der Waals surface area (Å²) >= 11 is 5.79. The molecular weight excluding hydrogens is 212 g/mol. The summed E-state index contributed by atoms with van der Waals surface area (Å²) in [5, 5.41) is 9.60. The lowest BCUT2D eigenvalue weighted by Gasteiger charge is -2.01. The highest BCUT2D eigenvalue weighted by Crippen LogP contribution is 2.10. The first kappa shape index (κ1) is 10.2. The molecule has 0 atom stereocenters. The van der Waals surface area contributed by atoms with Gasteiger partial charge >= 0.3 is 0 Å².